The van der Waals surface area contributed by atoms with Gasteiger partial charge in [0.1, 0.15) is 17.3 Å². The minimum absolute atomic E-state index is 0.132. The average molecular weight is 337 g/mol. The highest BCUT2D eigenvalue weighted by Crippen LogP contribution is 2.41. The van der Waals surface area contributed by atoms with E-state index in [1.54, 1.807) is 47.9 Å². The molecule has 0 aliphatic heterocycles. The van der Waals surface area contributed by atoms with Gasteiger partial charge in [-0.25, -0.2) is 4.39 Å². The number of aromatic nitrogens is 2. The van der Waals surface area contributed by atoms with Crippen molar-refractivity contribution in [3.8, 4) is 22.7 Å². The summed E-state index contributed by atoms with van der Waals surface area (Å²) in [5.41, 5.74) is 9.95. The summed E-state index contributed by atoms with van der Waals surface area (Å²) in [6.45, 7) is 3.62. The second-order valence-corrected chi connectivity index (χ2v) is 5.95. The first kappa shape index (κ1) is 15.3. The van der Waals surface area contributed by atoms with Crippen molar-refractivity contribution in [2.45, 2.75) is 13.8 Å². The molecular formula is C19H16FN3O2. The zero-order valence-corrected chi connectivity index (χ0v) is 13.7. The number of hydrogen-bond acceptors (Lipinski definition) is 4. The number of nitrogens with two attached hydrogens (primary N) is 1. The number of phenols is 1. The highest BCUT2D eigenvalue weighted by molar-refractivity contribution is 6.03. The Morgan fingerprint density at radius 3 is 2.48 bits per heavy atom. The smallest absolute Gasteiger partial charge is 0.147 e. The van der Waals surface area contributed by atoms with Gasteiger partial charge in [0.25, 0.3) is 0 Å². The summed E-state index contributed by atoms with van der Waals surface area (Å²) in [5, 5.41) is 14.2. The van der Waals surface area contributed by atoms with E-state index in [0.29, 0.717) is 39.4 Å². The predicted octanol–water partition coefficient (Wildman–Crippen LogP) is 4.33. The van der Waals surface area contributed by atoms with Crippen LogP contribution < -0.4 is 5.73 Å². The van der Waals surface area contributed by atoms with Crippen LogP contribution in [0.3, 0.4) is 0 Å². The van der Waals surface area contributed by atoms with Crippen molar-refractivity contribution in [2.75, 3.05) is 5.73 Å². The Morgan fingerprint density at radius 1 is 1.12 bits per heavy atom. The molecule has 0 radical (unpaired) electrons. The molecule has 0 atom stereocenters. The molecule has 126 valence electrons. The number of phenolic OH excluding ortho intramolecular Hbond substituents is 1. The van der Waals surface area contributed by atoms with Gasteiger partial charge < -0.3 is 19.9 Å². The molecule has 0 unspecified atom stereocenters. The Kier molecular flexibility index (Phi) is 3.28. The van der Waals surface area contributed by atoms with Crippen molar-refractivity contribution >= 4 is 16.6 Å². The lowest BCUT2D eigenvalue weighted by Crippen LogP contribution is -2.00. The number of nitrogen functional groups attached to an aromatic ring is 1. The number of fused-ring (bicyclic) bond motifs is 1. The standard InChI is InChI=1S/C19H16FN3O2/c1-10-16(11(2)25-22-10)19-17(21)14-4-3-5-15(20)18(14)23(19)12-6-8-13(24)9-7-12/h3-9,24H,21H2,1-2H3. The lowest BCUT2D eigenvalue weighted by atomic mass is 10.1. The summed E-state index contributed by atoms with van der Waals surface area (Å²) in [7, 11) is 0. The monoisotopic (exact) mass is 337 g/mol. The molecule has 0 saturated heterocycles. The first-order valence-corrected chi connectivity index (χ1v) is 7.80. The van der Waals surface area contributed by atoms with Crippen LogP contribution in [0.25, 0.3) is 27.8 Å². The van der Waals surface area contributed by atoms with E-state index in [4.69, 9.17) is 10.3 Å². The number of nitrogens with zero attached hydrogens (tertiary/aromatic N) is 2. The van der Waals surface area contributed by atoms with Crippen LogP contribution in [0.5, 0.6) is 5.75 Å². The third-order valence-electron chi connectivity index (χ3n) is 4.36. The number of anilines is 1. The number of aryl methyl sites for hydroxylation is 2. The third kappa shape index (κ3) is 2.18. The van der Waals surface area contributed by atoms with E-state index in [-0.39, 0.29) is 11.6 Å². The molecule has 3 N–H and O–H groups in total. The Balaban J connectivity index is 2.19. The number of hydrogen-bond donors (Lipinski definition) is 2. The molecule has 0 aliphatic rings. The first-order valence-electron chi connectivity index (χ1n) is 7.80. The second-order valence-electron chi connectivity index (χ2n) is 5.95. The summed E-state index contributed by atoms with van der Waals surface area (Å²) >= 11 is 0. The molecule has 2 aromatic heterocycles. The summed E-state index contributed by atoms with van der Waals surface area (Å²) in [6, 6.07) is 11.3. The van der Waals surface area contributed by atoms with Crippen molar-refractivity contribution in [3.63, 3.8) is 0 Å². The molecular weight excluding hydrogens is 321 g/mol. The highest BCUT2D eigenvalue weighted by Gasteiger charge is 2.25. The largest absolute Gasteiger partial charge is 0.508 e. The number of benzene rings is 2. The average Bonchev–Trinajstić information content (AvgIpc) is 3.07. The minimum atomic E-state index is -0.379. The third-order valence-corrected chi connectivity index (χ3v) is 4.36. The highest BCUT2D eigenvalue weighted by atomic mass is 19.1. The number of para-hydroxylation sites is 1. The zero-order chi connectivity index (χ0) is 17.7. The summed E-state index contributed by atoms with van der Waals surface area (Å²) in [6.07, 6.45) is 0. The van der Waals surface area contributed by atoms with Gasteiger partial charge in [-0.05, 0) is 44.2 Å². The maximum atomic E-state index is 14.7. The van der Waals surface area contributed by atoms with Crippen LogP contribution in [0.4, 0.5) is 10.1 Å². The van der Waals surface area contributed by atoms with E-state index >= 15 is 0 Å². The van der Waals surface area contributed by atoms with Crippen LogP contribution in [-0.4, -0.2) is 14.8 Å². The normalized spacial score (nSPS) is 11.3. The van der Waals surface area contributed by atoms with Crippen LogP contribution in [0.15, 0.2) is 47.0 Å². The van der Waals surface area contributed by atoms with E-state index < -0.39 is 0 Å². The van der Waals surface area contributed by atoms with Gasteiger partial charge in [-0.15, -0.1) is 0 Å². The summed E-state index contributed by atoms with van der Waals surface area (Å²) in [5.74, 6) is 0.357. The van der Waals surface area contributed by atoms with Crippen LogP contribution in [0.2, 0.25) is 0 Å². The lowest BCUT2D eigenvalue weighted by Gasteiger charge is -2.12. The van der Waals surface area contributed by atoms with Crippen molar-refractivity contribution in [1.29, 1.82) is 0 Å². The number of rotatable bonds is 2. The van der Waals surface area contributed by atoms with E-state index in [0.717, 1.165) is 5.56 Å². The van der Waals surface area contributed by atoms with E-state index in [1.807, 2.05) is 6.92 Å². The van der Waals surface area contributed by atoms with Gasteiger partial charge in [0.15, 0.2) is 0 Å². The number of halogens is 1. The van der Waals surface area contributed by atoms with Crippen LogP contribution in [-0.2, 0) is 0 Å². The van der Waals surface area contributed by atoms with Gasteiger partial charge >= 0.3 is 0 Å². The van der Waals surface area contributed by atoms with E-state index in [1.165, 1.54) is 6.07 Å². The molecule has 6 heteroatoms. The summed E-state index contributed by atoms with van der Waals surface area (Å²) < 4.78 is 21.7. The molecule has 4 aromatic rings. The molecule has 0 bridgehead atoms. The molecule has 0 aliphatic carbocycles. The minimum Gasteiger partial charge on any atom is -0.508 e. The van der Waals surface area contributed by atoms with Gasteiger partial charge in [0, 0.05) is 11.1 Å². The molecule has 2 aromatic carbocycles. The fraction of sp³-hybridized carbons (Fsp3) is 0.105. The maximum absolute atomic E-state index is 14.7. The van der Waals surface area contributed by atoms with Crippen molar-refractivity contribution in [3.05, 3.63) is 59.7 Å². The van der Waals surface area contributed by atoms with Gasteiger partial charge in [-0.2, -0.15) is 0 Å². The predicted molar refractivity (Wildman–Crippen MR) is 94.3 cm³/mol. The van der Waals surface area contributed by atoms with E-state index in [9.17, 15) is 9.50 Å². The molecule has 0 saturated carbocycles. The van der Waals surface area contributed by atoms with Crippen LogP contribution in [0, 0.1) is 19.7 Å². The number of aromatic hydroxyl groups is 1. The van der Waals surface area contributed by atoms with Crippen LogP contribution in [0.1, 0.15) is 11.5 Å². The second kappa shape index (κ2) is 5.37. The molecule has 25 heavy (non-hydrogen) atoms. The van der Waals surface area contributed by atoms with Crippen LogP contribution >= 0.6 is 0 Å². The summed E-state index contributed by atoms with van der Waals surface area (Å²) in [4.78, 5) is 0. The quantitative estimate of drug-likeness (QED) is 0.571. The van der Waals surface area contributed by atoms with Gasteiger partial charge in [-0.1, -0.05) is 17.3 Å². The molecule has 0 fully saturated rings. The zero-order valence-electron chi connectivity index (χ0n) is 13.7. The van der Waals surface area contributed by atoms with Gasteiger partial charge in [0.05, 0.1) is 28.2 Å². The van der Waals surface area contributed by atoms with Crippen molar-refractivity contribution < 1.29 is 14.0 Å². The Morgan fingerprint density at radius 2 is 1.84 bits per heavy atom. The molecule has 0 amide bonds. The SMILES string of the molecule is Cc1noc(C)c1-c1c(N)c2cccc(F)c2n1-c1ccc(O)cc1. The first-order chi connectivity index (χ1) is 12.0. The molecule has 4 rings (SSSR count). The van der Waals surface area contributed by atoms with Crippen molar-refractivity contribution in [1.82, 2.24) is 9.72 Å². The fourth-order valence-corrected chi connectivity index (χ4v) is 3.25. The topological polar surface area (TPSA) is 77.2 Å². The molecule has 2 heterocycles. The van der Waals surface area contributed by atoms with E-state index in [2.05, 4.69) is 5.16 Å². The fourth-order valence-electron chi connectivity index (χ4n) is 3.25. The molecule has 5 nitrogen and oxygen atoms in total. The Labute approximate surface area is 143 Å². The van der Waals surface area contributed by atoms with Gasteiger partial charge in [0.2, 0.25) is 0 Å². The lowest BCUT2D eigenvalue weighted by molar-refractivity contribution is 0.393. The molecule has 0 spiro atoms. The Bertz CT molecular complexity index is 1070. The van der Waals surface area contributed by atoms with Crippen molar-refractivity contribution in [2.24, 2.45) is 0 Å². The maximum Gasteiger partial charge on any atom is 0.147 e. The Hall–Kier alpha value is -3.28. The van der Waals surface area contributed by atoms with Gasteiger partial charge in [-0.3, -0.25) is 0 Å².